The maximum absolute atomic E-state index is 11.6. The maximum Gasteiger partial charge on any atom is 0.343 e. The van der Waals surface area contributed by atoms with E-state index in [-0.39, 0.29) is 22.8 Å². The molecule has 0 saturated heterocycles. The summed E-state index contributed by atoms with van der Waals surface area (Å²) in [6.07, 6.45) is 0. The minimum atomic E-state index is -0.592. The van der Waals surface area contributed by atoms with Crippen LogP contribution in [0.15, 0.2) is 10.9 Å². The number of ether oxygens (including phenoxy) is 3. The largest absolute Gasteiger partial charge is 0.491 e. The second kappa shape index (κ2) is 4.69. The van der Waals surface area contributed by atoms with Gasteiger partial charge in [0.15, 0.2) is 5.75 Å². The fraction of sp³-hybridized carbons (Fsp3) is 0.400. The minimum absolute atomic E-state index is 0.0590. The van der Waals surface area contributed by atoms with E-state index in [9.17, 15) is 9.59 Å². The van der Waals surface area contributed by atoms with E-state index in [1.54, 1.807) is 0 Å². The standard InChI is InChI=1S/C10H13NO5/c1-11-8(12)7(14-2)5-6(9(11)15-3)10(13)16-4/h5H,1-4H3. The van der Waals surface area contributed by atoms with Gasteiger partial charge >= 0.3 is 5.97 Å². The first-order chi connectivity index (χ1) is 7.56. The topological polar surface area (TPSA) is 66.8 Å². The van der Waals surface area contributed by atoms with Crippen LogP contribution in [0.5, 0.6) is 11.6 Å². The summed E-state index contributed by atoms with van der Waals surface area (Å²) in [5.41, 5.74) is -0.240. The van der Waals surface area contributed by atoms with Crippen LogP contribution in [0.4, 0.5) is 0 Å². The van der Waals surface area contributed by atoms with Crippen molar-refractivity contribution in [2.45, 2.75) is 0 Å². The van der Waals surface area contributed by atoms with Crippen molar-refractivity contribution in [2.24, 2.45) is 7.05 Å². The number of aromatic nitrogens is 1. The van der Waals surface area contributed by atoms with Gasteiger partial charge in [-0.2, -0.15) is 0 Å². The third-order valence-electron chi connectivity index (χ3n) is 2.14. The molecule has 0 aliphatic rings. The van der Waals surface area contributed by atoms with Crippen LogP contribution >= 0.6 is 0 Å². The van der Waals surface area contributed by atoms with Crippen molar-refractivity contribution in [3.05, 3.63) is 22.0 Å². The molecule has 6 nitrogen and oxygen atoms in total. The van der Waals surface area contributed by atoms with Crippen molar-refractivity contribution in [1.82, 2.24) is 4.57 Å². The third-order valence-corrected chi connectivity index (χ3v) is 2.14. The molecule has 88 valence electrons. The molecule has 0 atom stereocenters. The molecule has 1 rings (SSSR count). The Labute approximate surface area is 92.3 Å². The van der Waals surface area contributed by atoms with E-state index < -0.39 is 5.97 Å². The molecule has 0 radical (unpaired) electrons. The average molecular weight is 227 g/mol. The van der Waals surface area contributed by atoms with E-state index in [0.717, 1.165) is 0 Å². The van der Waals surface area contributed by atoms with Crippen LogP contribution in [0.25, 0.3) is 0 Å². The molecular formula is C10H13NO5. The molecule has 0 aliphatic carbocycles. The Hall–Kier alpha value is -1.98. The molecule has 0 spiro atoms. The van der Waals surface area contributed by atoms with Gasteiger partial charge in [-0.3, -0.25) is 9.36 Å². The summed E-state index contributed by atoms with van der Waals surface area (Å²) in [6.45, 7) is 0. The number of hydrogen-bond donors (Lipinski definition) is 0. The highest BCUT2D eigenvalue weighted by Gasteiger charge is 2.19. The van der Waals surface area contributed by atoms with E-state index in [0.29, 0.717) is 0 Å². The Bertz CT molecular complexity index is 463. The molecule has 0 fully saturated rings. The molecule has 0 bridgehead atoms. The first kappa shape index (κ1) is 12.1. The van der Waals surface area contributed by atoms with Gasteiger partial charge in [0.1, 0.15) is 5.56 Å². The van der Waals surface area contributed by atoms with Gasteiger partial charge in [-0.05, 0) is 0 Å². The van der Waals surface area contributed by atoms with Crippen LogP contribution in [0.2, 0.25) is 0 Å². The first-order valence-corrected chi connectivity index (χ1v) is 4.47. The molecule has 1 aromatic rings. The van der Waals surface area contributed by atoms with Crippen LogP contribution in [0, 0.1) is 0 Å². The van der Waals surface area contributed by atoms with Crippen molar-refractivity contribution < 1.29 is 19.0 Å². The fourth-order valence-electron chi connectivity index (χ4n) is 1.34. The van der Waals surface area contributed by atoms with Crippen LogP contribution in [0.1, 0.15) is 10.4 Å². The van der Waals surface area contributed by atoms with Gasteiger partial charge in [-0.15, -0.1) is 0 Å². The summed E-state index contributed by atoms with van der Waals surface area (Å²) in [5.74, 6) is -0.396. The zero-order valence-electron chi connectivity index (χ0n) is 9.57. The van der Waals surface area contributed by atoms with Crippen LogP contribution < -0.4 is 15.0 Å². The Kier molecular flexibility index (Phi) is 3.55. The number of carbonyl (C=O) groups is 1. The van der Waals surface area contributed by atoms with E-state index in [4.69, 9.17) is 9.47 Å². The van der Waals surface area contributed by atoms with E-state index in [1.807, 2.05) is 0 Å². The van der Waals surface area contributed by atoms with Crippen molar-refractivity contribution in [3.8, 4) is 11.6 Å². The number of esters is 1. The Morgan fingerprint density at radius 1 is 1.25 bits per heavy atom. The minimum Gasteiger partial charge on any atom is -0.491 e. The zero-order chi connectivity index (χ0) is 12.3. The Balaban J connectivity index is 3.53. The number of hydrogen-bond acceptors (Lipinski definition) is 5. The monoisotopic (exact) mass is 227 g/mol. The van der Waals surface area contributed by atoms with Crippen LogP contribution in [-0.4, -0.2) is 31.9 Å². The quantitative estimate of drug-likeness (QED) is 0.689. The van der Waals surface area contributed by atoms with Crippen molar-refractivity contribution in [3.63, 3.8) is 0 Å². The SMILES string of the molecule is COC(=O)c1cc(OC)c(=O)n(C)c1OC. The third kappa shape index (κ3) is 1.86. The van der Waals surface area contributed by atoms with E-state index in [2.05, 4.69) is 4.74 Å². The molecule has 0 aromatic carbocycles. The molecule has 1 heterocycles. The highest BCUT2D eigenvalue weighted by atomic mass is 16.5. The van der Waals surface area contributed by atoms with E-state index >= 15 is 0 Å². The summed E-state index contributed by atoms with van der Waals surface area (Å²) < 4.78 is 15.6. The molecule has 1 aromatic heterocycles. The number of rotatable bonds is 3. The summed E-state index contributed by atoms with van der Waals surface area (Å²) >= 11 is 0. The summed E-state index contributed by atoms with van der Waals surface area (Å²) in [6, 6.07) is 1.30. The van der Waals surface area contributed by atoms with E-state index in [1.165, 1.54) is 39.0 Å². The lowest BCUT2D eigenvalue weighted by atomic mass is 10.2. The Morgan fingerprint density at radius 3 is 2.31 bits per heavy atom. The van der Waals surface area contributed by atoms with Gasteiger partial charge in [0, 0.05) is 13.1 Å². The van der Waals surface area contributed by atoms with Gasteiger partial charge in [0.25, 0.3) is 5.56 Å². The lowest BCUT2D eigenvalue weighted by Gasteiger charge is -2.12. The number of nitrogens with zero attached hydrogens (tertiary/aromatic N) is 1. The van der Waals surface area contributed by atoms with Crippen LogP contribution in [0.3, 0.4) is 0 Å². The molecule has 16 heavy (non-hydrogen) atoms. The normalized spacial score (nSPS) is 9.75. The second-order valence-electron chi connectivity index (χ2n) is 2.99. The predicted octanol–water partition coefficient (Wildman–Crippen LogP) is 0.189. The molecular weight excluding hydrogens is 214 g/mol. The van der Waals surface area contributed by atoms with Gasteiger partial charge < -0.3 is 14.2 Å². The lowest BCUT2D eigenvalue weighted by molar-refractivity contribution is 0.0594. The fourth-order valence-corrected chi connectivity index (χ4v) is 1.34. The second-order valence-corrected chi connectivity index (χ2v) is 2.99. The molecule has 0 N–H and O–H groups in total. The highest BCUT2D eigenvalue weighted by molar-refractivity contribution is 5.92. The summed E-state index contributed by atoms with van der Waals surface area (Å²) in [7, 11) is 5.45. The molecule has 0 unspecified atom stereocenters. The van der Waals surface area contributed by atoms with Crippen molar-refractivity contribution in [2.75, 3.05) is 21.3 Å². The molecule has 6 heteroatoms. The molecule has 0 amide bonds. The zero-order valence-corrected chi connectivity index (χ0v) is 9.57. The van der Waals surface area contributed by atoms with Gasteiger partial charge in [0.2, 0.25) is 5.88 Å². The average Bonchev–Trinajstić information content (AvgIpc) is 2.31. The molecule has 0 saturated carbocycles. The van der Waals surface area contributed by atoms with Gasteiger partial charge in [-0.1, -0.05) is 0 Å². The molecule has 0 aliphatic heterocycles. The van der Waals surface area contributed by atoms with Crippen molar-refractivity contribution >= 4 is 5.97 Å². The summed E-state index contributed by atoms with van der Waals surface area (Å²) in [4.78, 5) is 23.1. The first-order valence-electron chi connectivity index (χ1n) is 4.47. The lowest BCUT2D eigenvalue weighted by Crippen LogP contribution is -2.22. The highest BCUT2D eigenvalue weighted by Crippen LogP contribution is 2.20. The Morgan fingerprint density at radius 2 is 1.88 bits per heavy atom. The summed E-state index contributed by atoms with van der Waals surface area (Å²) in [5, 5.41) is 0. The van der Waals surface area contributed by atoms with Crippen LogP contribution in [-0.2, 0) is 11.8 Å². The maximum atomic E-state index is 11.6. The number of carbonyl (C=O) groups excluding carboxylic acids is 1. The number of methoxy groups -OCH3 is 3. The predicted molar refractivity (Wildman–Crippen MR) is 56.1 cm³/mol. The number of pyridine rings is 1. The van der Waals surface area contributed by atoms with Gasteiger partial charge in [0.05, 0.1) is 21.3 Å². The smallest absolute Gasteiger partial charge is 0.343 e. The van der Waals surface area contributed by atoms with Crippen molar-refractivity contribution in [1.29, 1.82) is 0 Å². The van der Waals surface area contributed by atoms with Gasteiger partial charge in [-0.25, -0.2) is 4.79 Å².